The Morgan fingerprint density at radius 2 is 1.89 bits per heavy atom. The van der Waals surface area contributed by atoms with E-state index in [0.717, 1.165) is 17.2 Å². The van der Waals surface area contributed by atoms with Gasteiger partial charge in [0.15, 0.2) is 0 Å². The number of rotatable bonds is 9. The van der Waals surface area contributed by atoms with Crippen molar-refractivity contribution in [3.05, 3.63) is 18.2 Å². The molecule has 3 heteroatoms. The van der Waals surface area contributed by atoms with Crippen LogP contribution in [0.5, 0.6) is 11.5 Å². The van der Waals surface area contributed by atoms with E-state index in [4.69, 9.17) is 9.47 Å². The third kappa shape index (κ3) is 5.41. The van der Waals surface area contributed by atoms with Crippen molar-refractivity contribution < 1.29 is 9.47 Å². The molecule has 0 spiro atoms. The molecule has 1 aromatic rings. The first-order valence-corrected chi connectivity index (χ1v) is 7.19. The van der Waals surface area contributed by atoms with Crippen LogP contribution in [-0.2, 0) is 0 Å². The van der Waals surface area contributed by atoms with Crippen molar-refractivity contribution in [2.24, 2.45) is 0 Å². The minimum atomic E-state index is 0.458. The fraction of sp³-hybridized carbons (Fsp3) is 0.625. The number of unbranched alkanes of at least 4 members (excludes halogenated alkanes) is 3. The lowest BCUT2D eigenvalue weighted by Gasteiger charge is -2.18. The number of nitrogens with one attached hydrogen (secondary N) is 1. The average molecular weight is 265 g/mol. The molecule has 0 fully saturated rings. The van der Waals surface area contributed by atoms with Gasteiger partial charge in [-0.1, -0.05) is 32.6 Å². The summed E-state index contributed by atoms with van der Waals surface area (Å²) in [6, 6.07) is 6.33. The zero-order valence-electron chi connectivity index (χ0n) is 12.7. The van der Waals surface area contributed by atoms with Crippen molar-refractivity contribution in [2.45, 2.75) is 52.0 Å². The van der Waals surface area contributed by atoms with E-state index in [-0.39, 0.29) is 0 Å². The Labute approximate surface area is 117 Å². The highest BCUT2D eigenvalue weighted by Gasteiger charge is 2.08. The van der Waals surface area contributed by atoms with Gasteiger partial charge in [-0.25, -0.2) is 0 Å². The lowest BCUT2D eigenvalue weighted by Crippen LogP contribution is -2.15. The van der Waals surface area contributed by atoms with Crippen molar-refractivity contribution in [2.75, 3.05) is 19.5 Å². The van der Waals surface area contributed by atoms with Crippen LogP contribution in [0.3, 0.4) is 0 Å². The highest BCUT2D eigenvalue weighted by atomic mass is 16.5. The number of benzene rings is 1. The van der Waals surface area contributed by atoms with E-state index in [9.17, 15) is 0 Å². The van der Waals surface area contributed by atoms with Gasteiger partial charge in [0.2, 0.25) is 0 Å². The Bertz CT molecular complexity index is 366. The summed E-state index contributed by atoms with van der Waals surface area (Å²) in [5.74, 6) is 1.65. The van der Waals surface area contributed by atoms with Crippen molar-refractivity contribution in [3.63, 3.8) is 0 Å². The van der Waals surface area contributed by atoms with E-state index in [2.05, 4.69) is 19.2 Å². The average Bonchev–Trinajstić information content (AvgIpc) is 2.44. The summed E-state index contributed by atoms with van der Waals surface area (Å²) in [5, 5.41) is 3.51. The molecular formula is C16H27NO2. The Morgan fingerprint density at radius 1 is 1.11 bits per heavy atom. The van der Waals surface area contributed by atoms with Crippen LogP contribution in [0, 0.1) is 0 Å². The molecule has 1 aromatic carbocycles. The maximum atomic E-state index is 5.39. The summed E-state index contributed by atoms with van der Waals surface area (Å²) >= 11 is 0. The lowest BCUT2D eigenvalue weighted by molar-refractivity contribution is 0.395. The number of hydrogen-bond donors (Lipinski definition) is 1. The molecule has 0 aliphatic rings. The van der Waals surface area contributed by atoms with Gasteiger partial charge in [-0.05, 0) is 25.5 Å². The van der Waals surface area contributed by atoms with Gasteiger partial charge in [-0.3, -0.25) is 0 Å². The molecule has 0 bridgehead atoms. The summed E-state index contributed by atoms with van der Waals surface area (Å²) in [6.07, 6.45) is 6.41. The van der Waals surface area contributed by atoms with Crippen LogP contribution >= 0.6 is 0 Å². The predicted molar refractivity (Wildman–Crippen MR) is 81.4 cm³/mol. The molecule has 1 rings (SSSR count). The maximum absolute atomic E-state index is 5.39. The van der Waals surface area contributed by atoms with Crippen molar-refractivity contribution in [3.8, 4) is 11.5 Å². The molecule has 108 valence electrons. The van der Waals surface area contributed by atoms with Gasteiger partial charge < -0.3 is 14.8 Å². The van der Waals surface area contributed by atoms with Crippen LogP contribution in [0.4, 0.5) is 5.69 Å². The number of ether oxygens (including phenoxy) is 2. The second-order valence-electron chi connectivity index (χ2n) is 4.96. The summed E-state index contributed by atoms with van der Waals surface area (Å²) in [6.45, 7) is 4.46. The summed E-state index contributed by atoms with van der Waals surface area (Å²) in [5.41, 5.74) is 1.03. The summed E-state index contributed by atoms with van der Waals surface area (Å²) in [7, 11) is 3.35. The molecule has 19 heavy (non-hydrogen) atoms. The molecule has 0 aromatic heterocycles. The molecule has 3 nitrogen and oxygen atoms in total. The highest BCUT2D eigenvalue weighted by Crippen LogP contribution is 2.29. The molecular weight excluding hydrogens is 238 g/mol. The molecule has 0 amide bonds. The van der Waals surface area contributed by atoms with Crippen molar-refractivity contribution >= 4 is 5.69 Å². The fourth-order valence-corrected chi connectivity index (χ4v) is 2.13. The fourth-order valence-electron chi connectivity index (χ4n) is 2.13. The Morgan fingerprint density at radius 3 is 2.53 bits per heavy atom. The summed E-state index contributed by atoms with van der Waals surface area (Å²) in [4.78, 5) is 0. The quantitative estimate of drug-likeness (QED) is 0.668. The molecule has 0 heterocycles. The van der Waals surface area contributed by atoms with E-state index in [1.165, 1.54) is 32.1 Å². The van der Waals surface area contributed by atoms with Crippen LogP contribution in [-0.4, -0.2) is 20.3 Å². The maximum Gasteiger partial charge on any atom is 0.145 e. The highest BCUT2D eigenvalue weighted by molar-refractivity contribution is 5.59. The third-order valence-electron chi connectivity index (χ3n) is 3.30. The predicted octanol–water partition coefficient (Wildman–Crippen LogP) is 4.47. The second-order valence-corrected chi connectivity index (χ2v) is 4.96. The molecule has 0 saturated heterocycles. The lowest BCUT2D eigenvalue weighted by atomic mass is 10.1. The minimum absolute atomic E-state index is 0.458. The van der Waals surface area contributed by atoms with Gasteiger partial charge in [-0.2, -0.15) is 0 Å². The van der Waals surface area contributed by atoms with E-state index < -0.39 is 0 Å². The first kappa shape index (κ1) is 15.7. The molecule has 0 aliphatic carbocycles. The molecule has 1 unspecified atom stereocenters. The first-order chi connectivity index (χ1) is 9.21. The zero-order chi connectivity index (χ0) is 14.1. The van der Waals surface area contributed by atoms with Gasteiger partial charge in [-0.15, -0.1) is 0 Å². The van der Waals surface area contributed by atoms with Crippen LogP contribution < -0.4 is 14.8 Å². The number of hydrogen-bond acceptors (Lipinski definition) is 3. The van der Waals surface area contributed by atoms with Crippen LogP contribution in [0.1, 0.15) is 46.0 Å². The zero-order valence-corrected chi connectivity index (χ0v) is 12.7. The van der Waals surface area contributed by atoms with Crippen LogP contribution in [0.15, 0.2) is 18.2 Å². The Kier molecular flexibility index (Phi) is 7.16. The van der Waals surface area contributed by atoms with E-state index >= 15 is 0 Å². The van der Waals surface area contributed by atoms with Crippen LogP contribution in [0.25, 0.3) is 0 Å². The largest absolute Gasteiger partial charge is 0.497 e. The van der Waals surface area contributed by atoms with E-state index in [0.29, 0.717) is 6.04 Å². The van der Waals surface area contributed by atoms with Gasteiger partial charge in [0.1, 0.15) is 11.5 Å². The second kappa shape index (κ2) is 8.68. The van der Waals surface area contributed by atoms with E-state index in [1.54, 1.807) is 14.2 Å². The van der Waals surface area contributed by atoms with Crippen LogP contribution in [0.2, 0.25) is 0 Å². The monoisotopic (exact) mass is 265 g/mol. The Hall–Kier alpha value is -1.38. The number of methoxy groups -OCH3 is 2. The molecule has 1 N–H and O–H groups in total. The van der Waals surface area contributed by atoms with Crippen molar-refractivity contribution in [1.29, 1.82) is 0 Å². The smallest absolute Gasteiger partial charge is 0.145 e. The van der Waals surface area contributed by atoms with Gasteiger partial charge in [0, 0.05) is 12.1 Å². The number of anilines is 1. The topological polar surface area (TPSA) is 30.5 Å². The third-order valence-corrected chi connectivity index (χ3v) is 3.30. The van der Waals surface area contributed by atoms with Gasteiger partial charge in [0.05, 0.1) is 19.9 Å². The summed E-state index contributed by atoms with van der Waals surface area (Å²) < 4.78 is 10.6. The van der Waals surface area contributed by atoms with E-state index in [1.807, 2.05) is 18.2 Å². The normalized spacial score (nSPS) is 12.0. The molecule has 0 radical (unpaired) electrons. The van der Waals surface area contributed by atoms with Gasteiger partial charge in [0.25, 0.3) is 0 Å². The minimum Gasteiger partial charge on any atom is -0.497 e. The van der Waals surface area contributed by atoms with Crippen molar-refractivity contribution in [1.82, 2.24) is 0 Å². The Balaban J connectivity index is 2.51. The molecule has 1 atom stereocenters. The standard InChI is InChI=1S/C16H27NO2/c1-5-6-7-8-9-13(2)17-15-11-10-14(18-3)12-16(15)19-4/h10-13,17H,5-9H2,1-4H3. The molecule has 0 saturated carbocycles. The molecule has 0 aliphatic heterocycles. The first-order valence-electron chi connectivity index (χ1n) is 7.19. The van der Waals surface area contributed by atoms with Gasteiger partial charge >= 0.3 is 0 Å². The SMILES string of the molecule is CCCCCCC(C)Nc1ccc(OC)cc1OC.